The first-order chi connectivity index (χ1) is 11.2. The van der Waals surface area contributed by atoms with Crippen molar-refractivity contribution in [3.05, 3.63) is 21.9 Å². The predicted octanol–water partition coefficient (Wildman–Crippen LogP) is 3.10. The minimum absolute atomic E-state index is 0.737. The van der Waals surface area contributed by atoms with Crippen molar-refractivity contribution in [3.63, 3.8) is 0 Å². The van der Waals surface area contributed by atoms with E-state index in [1.807, 2.05) is 11.3 Å². The van der Waals surface area contributed by atoms with Crippen LogP contribution in [0.25, 0.3) is 0 Å². The quantitative estimate of drug-likeness (QED) is 0.594. The average Bonchev–Trinajstić information content (AvgIpc) is 3.05. The Hall–Kier alpha value is -1.07. The minimum Gasteiger partial charge on any atom is -0.357 e. The van der Waals surface area contributed by atoms with Crippen LogP contribution in [0.5, 0.6) is 0 Å². The smallest absolute Gasteiger partial charge is 0.191 e. The number of likely N-dealkylation sites (tertiary alicyclic amines) is 1. The Morgan fingerprint density at radius 3 is 2.78 bits per heavy atom. The molecule has 0 aromatic carbocycles. The van der Waals surface area contributed by atoms with Crippen molar-refractivity contribution in [2.45, 2.75) is 46.6 Å². The van der Waals surface area contributed by atoms with E-state index < -0.39 is 0 Å². The molecule has 0 saturated carbocycles. The number of aliphatic imine (C=N–C) groups is 1. The predicted molar refractivity (Wildman–Crippen MR) is 101 cm³/mol. The molecule has 4 nitrogen and oxygen atoms in total. The van der Waals surface area contributed by atoms with Crippen molar-refractivity contribution in [2.24, 2.45) is 10.9 Å². The topological polar surface area (TPSA) is 39.7 Å². The summed E-state index contributed by atoms with van der Waals surface area (Å²) in [5.41, 5.74) is 0. The molecule has 0 aliphatic carbocycles. The number of thiophene rings is 1. The van der Waals surface area contributed by atoms with Crippen LogP contribution in [0.15, 0.2) is 17.1 Å². The standard InChI is InChI=1S/C18H32N4S/c1-4-16-9-10-17(23-16)13-21-18(19-5-2)20-12-15-8-7-11-22(6-3)14-15/h9-10,15H,4-8,11-14H2,1-3H3,(H2,19,20,21). The average molecular weight is 337 g/mol. The van der Waals surface area contributed by atoms with Crippen LogP contribution in [0.2, 0.25) is 0 Å². The lowest BCUT2D eigenvalue weighted by Gasteiger charge is -2.32. The molecule has 1 atom stereocenters. The molecule has 1 aliphatic heterocycles. The Bertz CT molecular complexity index is 483. The highest BCUT2D eigenvalue weighted by Crippen LogP contribution is 2.18. The summed E-state index contributed by atoms with van der Waals surface area (Å²) in [7, 11) is 0. The molecule has 2 N–H and O–H groups in total. The highest BCUT2D eigenvalue weighted by atomic mass is 32.1. The van der Waals surface area contributed by atoms with E-state index in [0.29, 0.717) is 0 Å². The minimum atomic E-state index is 0.737. The molecule has 1 aromatic heterocycles. The normalized spacial score (nSPS) is 19.8. The van der Waals surface area contributed by atoms with Crippen LogP contribution in [-0.4, -0.2) is 43.6 Å². The van der Waals surface area contributed by atoms with Gasteiger partial charge in [-0.05, 0) is 57.3 Å². The van der Waals surface area contributed by atoms with E-state index >= 15 is 0 Å². The zero-order chi connectivity index (χ0) is 16.5. The molecule has 0 bridgehead atoms. The molecule has 23 heavy (non-hydrogen) atoms. The first-order valence-corrected chi connectivity index (χ1v) is 9.88. The third-order valence-electron chi connectivity index (χ3n) is 4.41. The van der Waals surface area contributed by atoms with Crippen molar-refractivity contribution in [2.75, 3.05) is 32.7 Å². The van der Waals surface area contributed by atoms with Gasteiger partial charge in [0, 0.05) is 29.4 Å². The second-order valence-electron chi connectivity index (χ2n) is 6.20. The first-order valence-electron chi connectivity index (χ1n) is 9.07. The summed E-state index contributed by atoms with van der Waals surface area (Å²) < 4.78 is 0. The van der Waals surface area contributed by atoms with Crippen molar-refractivity contribution in [1.29, 1.82) is 0 Å². The summed E-state index contributed by atoms with van der Waals surface area (Å²) in [5, 5.41) is 6.91. The fourth-order valence-electron chi connectivity index (χ4n) is 3.04. The zero-order valence-corrected chi connectivity index (χ0v) is 15.7. The highest BCUT2D eigenvalue weighted by Gasteiger charge is 2.18. The maximum absolute atomic E-state index is 4.75. The van der Waals surface area contributed by atoms with Gasteiger partial charge in [0.2, 0.25) is 0 Å². The van der Waals surface area contributed by atoms with Crippen molar-refractivity contribution in [1.82, 2.24) is 15.5 Å². The lowest BCUT2D eigenvalue weighted by Crippen LogP contribution is -2.44. The van der Waals surface area contributed by atoms with Gasteiger partial charge < -0.3 is 15.5 Å². The monoisotopic (exact) mass is 336 g/mol. The Morgan fingerprint density at radius 2 is 2.09 bits per heavy atom. The van der Waals surface area contributed by atoms with Gasteiger partial charge in [-0.2, -0.15) is 0 Å². The molecule has 1 aromatic rings. The lowest BCUT2D eigenvalue weighted by molar-refractivity contribution is 0.183. The summed E-state index contributed by atoms with van der Waals surface area (Å²) in [6, 6.07) is 4.42. The molecule has 0 spiro atoms. The van der Waals surface area contributed by atoms with E-state index in [-0.39, 0.29) is 0 Å². The molecule has 0 radical (unpaired) electrons. The molecule has 1 saturated heterocycles. The van der Waals surface area contributed by atoms with Crippen molar-refractivity contribution in [3.8, 4) is 0 Å². The summed E-state index contributed by atoms with van der Waals surface area (Å²) in [6.07, 6.45) is 3.76. The molecule has 2 rings (SSSR count). The van der Waals surface area contributed by atoms with Crippen LogP contribution in [0.1, 0.15) is 43.4 Å². The van der Waals surface area contributed by atoms with E-state index in [4.69, 9.17) is 4.99 Å². The number of rotatable bonds is 7. The third kappa shape index (κ3) is 6.15. The Balaban J connectivity index is 1.83. The third-order valence-corrected chi connectivity index (χ3v) is 5.63. The molecular formula is C18H32N4S. The van der Waals surface area contributed by atoms with Gasteiger partial charge in [-0.1, -0.05) is 13.8 Å². The number of hydrogen-bond acceptors (Lipinski definition) is 3. The van der Waals surface area contributed by atoms with Crippen LogP contribution < -0.4 is 10.6 Å². The maximum Gasteiger partial charge on any atom is 0.191 e. The van der Waals surface area contributed by atoms with Crippen LogP contribution in [-0.2, 0) is 13.0 Å². The lowest BCUT2D eigenvalue weighted by atomic mass is 9.98. The molecule has 1 aliphatic rings. The Morgan fingerprint density at radius 1 is 1.26 bits per heavy atom. The van der Waals surface area contributed by atoms with Gasteiger partial charge in [-0.15, -0.1) is 11.3 Å². The fourth-order valence-corrected chi connectivity index (χ4v) is 3.92. The number of nitrogens with one attached hydrogen (secondary N) is 2. The SMILES string of the molecule is CCNC(=NCc1ccc(CC)s1)NCC1CCCN(CC)C1. The summed E-state index contributed by atoms with van der Waals surface area (Å²) in [5.74, 6) is 1.69. The number of nitrogens with zero attached hydrogens (tertiary/aromatic N) is 2. The number of hydrogen-bond donors (Lipinski definition) is 2. The van der Waals surface area contributed by atoms with E-state index in [0.717, 1.165) is 37.9 Å². The Labute approximate surface area is 145 Å². The summed E-state index contributed by atoms with van der Waals surface area (Å²) in [6.45, 7) is 12.9. The van der Waals surface area contributed by atoms with Gasteiger partial charge in [0.05, 0.1) is 6.54 Å². The van der Waals surface area contributed by atoms with Crippen LogP contribution in [0, 0.1) is 5.92 Å². The molecule has 5 heteroatoms. The summed E-state index contributed by atoms with van der Waals surface area (Å²) in [4.78, 5) is 10.1. The number of aryl methyl sites for hydroxylation is 1. The van der Waals surface area contributed by atoms with Gasteiger partial charge in [0.25, 0.3) is 0 Å². The van der Waals surface area contributed by atoms with Crippen LogP contribution in [0.4, 0.5) is 0 Å². The largest absolute Gasteiger partial charge is 0.357 e. The number of guanidine groups is 1. The van der Waals surface area contributed by atoms with E-state index in [1.54, 1.807) is 0 Å². The first kappa shape index (κ1) is 18.3. The van der Waals surface area contributed by atoms with E-state index in [2.05, 4.69) is 48.4 Å². The van der Waals surface area contributed by atoms with Gasteiger partial charge in [-0.25, -0.2) is 4.99 Å². The van der Waals surface area contributed by atoms with Gasteiger partial charge in [0.15, 0.2) is 5.96 Å². The van der Waals surface area contributed by atoms with Crippen LogP contribution >= 0.6 is 11.3 Å². The van der Waals surface area contributed by atoms with Gasteiger partial charge >= 0.3 is 0 Å². The van der Waals surface area contributed by atoms with Gasteiger partial charge in [0.1, 0.15) is 0 Å². The van der Waals surface area contributed by atoms with Crippen molar-refractivity contribution >= 4 is 17.3 Å². The number of piperidine rings is 1. The molecule has 1 unspecified atom stereocenters. The molecule has 2 heterocycles. The van der Waals surface area contributed by atoms with Gasteiger partial charge in [-0.3, -0.25) is 0 Å². The fraction of sp³-hybridized carbons (Fsp3) is 0.722. The second kappa shape index (κ2) is 9.93. The van der Waals surface area contributed by atoms with E-state index in [9.17, 15) is 0 Å². The molecular weight excluding hydrogens is 304 g/mol. The molecule has 0 amide bonds. The maximum atomic E-state index is 4.75. The van der Waals surface area contributed by atoms with E-state index in [1.165, 1.54) is 42.2 Å². The molecule has 130 valence electrons. The second-order valence-corrected chi connectivity index (χ2v) is 7.45. The molecule has 1 fully saturated rings. The van der Waals surface area contributed by atoms with Crippen molar-refractivity contribution < 1.29 is 0 Å². The zero-order valence-electron chi connectivity index (χ0n) is 14.9. The summed E-state index contributed by atoms with van der Waals surface area (Å²) >= 11 is 1.87. The Kier molecular flexibility index (Phi) is 7.89. The van der Waals surface area contributed by atoms with Crippen LogP contribution in [0.3, 0.4) is 0 Å². The highest BCUT2D eigenvalue weighted by molar-refractivity contribution is 7.11.